The molecule has 0 saturated heterocycles. The maximum absolute atomic E-state index is 6.42. The molecule has 0 atom stereocenters. The summed E-state index contributed by atoms with van der Waals surface area (Å²) in [5.41, 5.74) is 7.67. The summed E-state index contributed by atoms with van der Waals surface area (Å²) in [5.74, 6) is 1.47. The van der Waals surface area contributed by atoms with E-state index < -0.39 is 0 Å². The summed E-state index contributed by atoms with van der Waals surface area (Å²) in [6, 6.07) is 1.98. The van der Waals surface area contributed by atoms with Gasteiger partial charge in [-0.2, -0.15) is 0 Å². The number of nitrogens with two attached hydrogens (primary N) is 1. The minimum atomic E-state index is -0.0212. The first-order valence-corrected chi connectivity index (χ1v) is 6.03. The van der Waals surface area contributed by atoms with Gasteiger partial charge in [-0.3, -0.25) is 0 Å². The van der Waals surface area contributed by atoms with E-state index in [1.54, 1.807) is 20.4 Å². The van der Waals surface area contributed by atoms with Crippen molar-refractivity contribution in [2.24, 2.45) is 5.73 Å². The van der Waals surface area contributed by atoms with E-state index in [1.807, 2.05) is 6.07 Å². The first kappa shape index (κ1) is 10.8. The smallest absolute Gasteiger partial charge is 0.213 e. The monoisotopic (exact) mass is 234 g/mol. The molecule has 0 aromatic carbocycles. The van der Waals surface area contributed by atoms with Gasteiger partial charge in [0.1, 0.15) is 5.75 Å². The van der Waals surface area contributed by atoms with Crippen LogP contribution in [0.2, 0.25) is 0 Å². The van der Waals surface area contributed by atoms with Crippen molar-refractivity contribution in [3.8, 4) is 11.6 Å². The molecule has 4 nitrogen and oxygen atoms in total. The standard InChI is InChI=1S/C13H18N2O2/c1-16-10-8-15-11(17-2)7-9(10)12(3-4-12)13(14)5-6-13/h7-8H,3-6,14H2,1-2H3. The molecule has 2 aliphatic carbocycles. The third kappa shape index (κ3) is 1.43. The van der Waals surface area contributed by atoms with E-state index in [1.165, 1.54) is 5.56 Å². The van der Waals surface area contributed by atoms with Gasteiger partial charge in [0.05, 0.1) is 20.4 Å². The van der Waals surface area contributed by atoms with E-state index in [4.69, 9.17) is 15.2 Å². The molecule has 17 heavy (non-hydrogen) atoms. The van der Waals surface area contributed by atoms with Crippen LogP contribution in [0.15, 0.2) is 12.3 Å². The maximum atomic E-state index is 6.42. The molecule has 2 saturated carbocycles. The van der Waals surface area contributed by atoms with E-state index in [-0.39, 0.29) is 11.0 Å². The Labute approximate surface area is 101 Å². The van der Waals surface area contributed by atoms with Gasteiger partial charge < -0.3 is 15.2 Å². The van der Waals surface area contributed by atoms with Crippen LogP contribution < -0.4 is 15.2 Å². The average Bonchev–Trinajstić information content (AvgIpc) is 3.24. The molecule has 2 N–H and O–H groups in total. The molecule has 0 spiro atoms. The van der Waals surface area contributed by atoms with Crippen molar-refractivity contribution >= 4 is 0 Å². The Morgan fingerprint density at radius 1 is 1.18 bits per heavy atom. The van der Waals surface area contributed by atoms with E-state index >= 15 is 0 Å². The normalized spacial score (nSPS) is 23.0. The van der Waals surface area contributed by atoms with Crippen LogP contribution in [0.5, 0.6) is 11.6 Å². The number of ether oxygens (including phenoxy) is 2. The van der Waals surface area contributed by atoms with Gasteiger partial charge in [-0.15, -0.1) is 0 Å². The zero-order valence-electron chi connectivity index (χ0n) is 10.3. The van der Waals surface area contributed by atoms with E-state index in [0.717, 1.165) is 31.4 Å². The summed E-state index contributed by atoms with van der Waals surface area (Å²) in [6.45, 7) is 0. The quantitative estimate of drug-likeness (QED) is 0.860. The molecular weight excluding hydrogens is 216 g/mol. The molecule has 1 heterocycles. The summed E-state index contributed by atoms with van der Waals surface area (Å²) in [5, 5.41) is 0. The van der Waals surface area contributed by atoms with Crippen LogP contribution in [-0.4, -0.2) is 24.7 Å². The number of rotatable bonds is 4. The Morgan fingerprint density at radius 3 is 2.35 bits per heavy atom. The van der Waals surface area contributed by atoms with Crippen molar-refractivity contribution in [3.63, 3.8) is 0 Å². The molecular formula is C13H18N2O2. The molecule has 0 radical (unpaired) electrons. The third-order valence-corrected chi connectivity index (χ3v) is 4.28. The second-order valence-corrected chi connectivity index (χ2v) is 5.17. The molecule has 2 aliphatic rings. The number of methoxy groups -OCH3 is 2. The van der Waals surface area contributed by atoms with Crippen molar-refractivity contribution in [1.29, 1.82) is 0 Å². The lowest BCUT2D eigenvalue weighted by Gasteiger charge is -2.25. The predicted octanol–water partition coefficient (Wildman–Crippen LogP) is 1.62. The van der Waals surface area contributed by atoms with Crippen LogP contribution in [-0.2, 0) is 5.41 Å². The lowest BCUT2D eigenvalue weighted by Crippen LogP contribution is -2.37. The van der Waals surface area contributed by atoms with Gasteiger partial charge >= 0.3 is 0 Å². The Morgan fingerprint density at radius 2 is 1.88 bits per heavy atom. The summed E-state index contributed by atoms with van der Waals surface area (Å²) < 4.78 is 10.6. The van der Waals surface area contributed by atoms with Gasteiger partial charge in [0.2, 0.25) is 5.88 Å². The van der Waals surface area contributed by atoms with E-state index in [9.17, 15) is 0 Å². The number of pyridine rings is 1. The topological polar surface area (TPSA) is 57.4 Å². The molecule has 0 unspecified atom stereocenters. The number of hydrogen-bond donors (Lipinski definition) is 1. The predicted molar refractivity (Wildman–Crippen MR) is 64.4 cm³/mol. The molecule has 0 amide bonds. The Balaban J connectivity index is 2.06. The molecule has 2 fully saturated rings. The molecule has 1 aromatic heterocycles. The first-order valence-electron chi connectivity index (χ1n) is 6.03. The maximum Gasteiger partial charge on any atom is 0.213 e. The van der Waals surface area contributed by atoms with Crippen LogP contribution in [0.25, 0.3) is 0 Å². The summed E-state index contributed by atoms with van der Waals surface area (Å²) in [4.78, 5) is 4.18. The first-order chi connectivity index (χ1) is 8.15. The van der Waals surface area contributed by atoms with Crippen LogP contribution in [0.1, 0.15) is 31.2 Å². The largest absolute Gasteiger partial charge is 0.495 e. The highest BCUT2D eigenvalue weighted by Gasteiger charge is 2.65. The van der Waals surface area contributed by atoms with Crippen LogP contribution >= 0.6 is 0 Å². The van der Waals surface area contributed by atoms with Crippen LogP contribution in [0.4, 0.5) is 0 Å². The average molecular weight is 234 g/mol. The van der Waals surface area contributed by atoms with Gasteiger partial charge in [0.15, 0.2) is 0 Å². The minimum absolute atomic E-state index is 0.0212. The van der Waals surface area contributed by atoms with Crippen molar-refractivity contribution in [2.75, 3.05) is 14.2 Å². The fourth-order valence-corrected chi connectivity index (χ4v) is 2.85. The molecule has 92 valence electrons. The van der Waals surface area contributed by atoms with Crippen LogP contribution in [0.3, 0.4) is 0 Å². The Kier molecular flexibility index (Phi) is 2.14. The fourth-order valence-electron chi connectivity index (χ4n) is 2.85. The summed E-state index contributed by atoms with van der Waals surface area (Å²) >= 11 is 0. The van der Waals surface area contributed by atoms with Crippen molar-refractivity contribution < 1.29 is 9.47 Å². The highest BCUT2D eigenvalue weighted by Crippen LogP contribution is 2.65. The Bertz CT molecular complexity index is 451. The molecule has 0 aliphatic heterocycles. The fraction of sp³-hybridized carbons (Fsp3) is 0.615. The SMILES string of the molecule is COc1cc(C2(C3(N)CC3)CC2)c(OC)cn1. The highest BCUT2D eigenvalue weighted by atomic mass is 16.5. The second kappa shape index (κ2) is 3.35. The van der Waals surface area contributed by atoms with E-state index in [0.29, 0.717) is 5.88 Å². The van der Waals surface area contributed by atoms with Gasteiger partial charge in [-0.25, -0.2) is 4.98 Å². The highest BCUT2D eigenvalue weighted by molar-refractivity contribution is 5.49. The lowest BCUT2D eigenvalue weighted by molar-refractivity contribution is 0.373. The van der Waals surface area contributed by atoms with Gasteiger partial charge in [0.25, 0.3) is 0 Å². The van der Waals surface area contributed by atoms with Gasteiger partial charge in [-0.1, -0.05) is 0 Å². The third-order valence-electron chi connectivity index (χ3n) is 4.28. The molecule has 3 rings (SSSR count). The second-order valence-electron chi connectivity index (χ2n) is 5.17. The number of hydrogen-bond acceptors (Lipinski definition) is 4. The molecule has 1 aromatic rings. The molecule has 0 bridgehead atoms. The lowest BCUT2D eigenvalue weighted by atomic mass is 9.86. The number of aromatic nitrogens is 1. The zero-order chi connectivity index (χ0) is 12.1. The van der Waals surface area contributed by atoms with Crippen molar-refractivity contribution in [2.45, 2.75) is 36.6 Å². The summed E-state index contributed by atoms with van der Waals surface area (Å²) in [6.07, 6.45) is 6.25. The molecule has 4 heteroatoms. The number of nitrogens with zero attached hydrogens (tertiary/aromatic N) is 1. The minimum Gasteiger partial charge on any atom is -0.495 e. The Hall–Kier alpha value is -1.29. The van der Waals surface area contributed by atoms with Crippen LogP contribution in [0, 0.1) is 0 Å². The van der Waals surface area contributed by atoms with Gasteiger partial charge in [-0.05, 0) is 25.7 Å². The van der Waals surface area contributed by atoms with Gasteiger partial charge in [0, 0.05) is 22.6 Å². The summed E-state index contributed by atoms with van der Waals surface area (Å²) in [7, 11) is 3.31. The van der Waals surface area contributed by atoms with E-state index in [2.05, 4.69) is 4.98 Å². The zero-order valence-corrected chi connectivity index (χ0v) is 10.3. The van der Waals surface area contributed by atoms with Crippen molar-refractivity contribution in [1.82, 2.24) is 4.98 Å². The van der Waals surface area contributed by atoms with Crippen molar-refractivity contribution in [3.05, 3.63) is 17.8 Å².